The van der Waals surface area contributed by atoms with E-state index in [1.54, 1.807) is 0 Å². The summed E-state index contributed by atoms with van der Waals surface area (Å²) in [5.41, 5.74) is 3.00. The van der Waals surface area contributed by atoms with E-state index in [0.29, 0.717) is 26.2 Å². The van der Waals surface area contributed by atoms with Crippen LogP contribution in [0.1, 0.15) is 29.5 Å². The average Bonchev–Trinajstić information content (AvgIpc) is 3.07. The van der Waals surface area contributed by atoms with Gasteiger partial charge < -0.3 is 14.7 Å². The van der Waals surface area contributed by atoms with E-state index in [0.717, 1.165) is 24.2 Å². The van der Waals surface area contributed by atoms with Crippen molar-refractivity contribution in [2.75, 3.05) is 58.3 Å². The first kappa shape index (κ1) is 24.9. The summed E-state index contributed by atoms with van der Waals surface area (Å²) < 4.78 is 0. The number of carbonyl (C=O) groups is 3. The average molecular weight is 477 g/mol. The van der Waals surface area contributed by atoms with Crippen molar-refractivity contribution in [3.63, 3.8) is 0 Å². The van der Waals surface area contributed by atoms with Crippen molar-refractivity contribution in [3.05, 3.63) is 65.2 Å². The van der Waals surface area contributed by atoms with Gasteiger partial charge in [0.1, 0.15) is 0 Å². The predicted octanol–water partition coefficient (Wildman–Crippen LogP) is 2.60. The number of hydrogen-bond donors (Lipinski definition) is 0. The van der Waals surface area contributed by atoms with E-state index in [-0.39, 0.29) is 30.6 Å². The first-order valence-corrected chi connectivity index (χ1v) is 12.4. The van der Waals surface area contributed by atoms with Gasteiger partial charge in [0.05, 0.1) is 5.41 Å². The SMILES string of the molecule is Cc1ccccc1N1CCN(C(=O)C[C@@]2(c3ccccc3C)CC(=O)N(CCN(C)C)C2=O)CC1. The van der Waals surface area contributed by atoms with Gasteiger partial charge in [-0.05, 0) is 50.7 Å². The summed E-state index contributed by atoms with van der Waals surface area (Å²) in [6, 6.07) is 15.9. The van der Waals surface area contributed by atoms with Gasteiger partial charge in [0.15, 0.2) is 0 Å². The molecular weight excluding hydrogens is 440 g/mol. The molecule has 0 spiro atoms. The quantitative estimate of drug-likeness (QED) is 0.575. The van der Waals surface area contributed by atoms with Gasteiger partial charge in [0, 0.05) is 57.8 Å². The largest absolute Gasteiger partial charge is 0.368 e. The molecule has 7 nitrogen and oxygen atoms in total. The van der Waals surface area contributed by atoms with Crippen molar-refractivity contribution < 1.29 is 14.4 Å². The molecule has 0 radical (unpaired) electrons. The number of hydrogen-bond acceptors (Lipinski definition) is 5. The van der Waals surface area contributed by atoms with E-state index in [2.05, 4.69) is 24.0 Å². The fourth-order valence-electron chi connectivity index (χ4n) is 5.37. The van der Waals surface area contributed by atoms with Crippen molar-refractivity contribution in [1.82, 2.24) is 14.7 Å². The Morgan fingerprint density at radius 2 is 1.54 bits per heavy atom. The number of likely N-dealkylation sites (N-methyl/N-ethyl adjacent to an activating group) is 1. The van der Waals surface area contributed by atoms with Crippen LogP contribution in [-0.4, -0.2) is 85.8 Å². The Labute approximate surface area is 208 Å². The van der Waals surface area contributed by atoms with E-state index < -0.39 is 5.41 Å². The van der Waals surface area contributed by atoms with E-state index in [9.17, 15) is 14.4 Å². The lowest BCUT2D eigenvalue weighted by molar-refractivity contribution is -0.143. The molecule has 2 aliphatic rings. The minimum Gasteiger partial charge on any atom is -0.368 e. The molecule has 3 amide bonds. The predicted molar refractivity (Wildman–Crippen MR) is 137 cm³/mol. The third-order valence-corrected chi connectivity index (χ3v) is 7.38. The van der Waals surface area contributed by atoms with Gasteiger partial charge in [0.2, 0.25) is 17.7 Å². The monoisotopic (exact) mass is 476 g/mol. The van der Waals surface area contributed by atoms with Crippen LogP contribution in [0.4, 0.5) is 5.69 Å². The summed E-state index contributed by atoms with van der Waals surface area (Å²) >= 11 is 0. The van der Waals surface area contributed by atoms with Gasteiger partial charge in [-0.2, -0.15) is 0 Å². The van der Waals surface area contributed by atoms with Crippen LogP contribution in [0.2, 0.25) is 0 Å². The van der Waals surface area contributed by atoms with Crippen LogP contribution in [-0.2, 0) is 19.8 Å². The first-order valence-electron chi connectivity index (χ1n) is 12.4. The molecule has 2 aromatic rings. The highest BCUT2D eigenvalue weighted by Crippen LogP contribution is 2.41. The molecule has 2 heterocycles. The normalized spacial score (nSPS) is 20.8. The molecule has 0 bridgehead atoms. The number of aryl methyl sites for hydroxylation is 2. The zero-order chi connectivity index (χ0) is 25.2. The number of para-hydroxylation sites is 1. The Bertz CT molecular complexity index is 1110. The number of piperazine rings is 1. The summed E-state index contributed by atoms with van der Waals surface area (Å²) in [6.07, 6.45) is 0.0598. The molecule has 7 heteroatoms. The third kappa shape index (κ3) is 4.96. The number of anilines is 1. The van der Waals surface area contributed by atoms with Crippen molar-refractivity contribution in [1.29, 1.82) is 0 Å². The van der Waals surface area contributed by atoms with E-state index >= 15 is 0 Å². The fraction of sp³-hybridized carbons (Fsp3) is 0.464. The van der Waals surface area contributed by atoms with Gasteiger partial charge in [0.25, 0.3) is 0 Å². The lowest BCUT2D eigenvalue weighted by Crippen LogP contribution is -2.51. The zero-order valence-corrected chi connectivity index (χ0v) is 21.3. The standard InChI is InChI=1S/C28H36N4O3/c1-21-9-5-7-11-23(21)28(20-26(34)32(27(28)35)18-13-29(3)4)19-25(33)31-16-14-30(15-17-31)24-12-8-6-10-22(24)2/h5-12H,13-20H2,1-4H3/t28-/m0/s1. The molecule has 4 rings (SSSR count). The highest BCUT2D eigenvalue weighted by molar-refractivity contribution is 6.11. The number of likely N-dealkylation sites (tertiary alicyclic amines) is 1. The molecule has 2 saturated heterocycles. The Morgan fingerprint density at radius 3 is 2.17 bits per heavy atom. The maximum atomic E-state index is 13.8. The lowest BCUT2D eigenvalue weighted by atomic mass is 9.74. The summed E-state index contributed by atoms with van der Waals surface area (Å²) in [6.45, 7) is 7.67. The number of rotatable bonds is 7. The van der Waals surface area contributed by atoms with Gasteiger partial charge in [-0.1, -0.05) is 42.5 Å². The molecule has 2 aliphatic heterocycles. The maximum absolute atomic E-state index is 13.8. The highest BCUT2D eigenvalue weighted by atomic mass is 16.2. The van der Waals surface area contributed by atoms with Crippen LogP contribution < -0.4 is 4.90 Å². The summed E-state index contributed by atoms with van der Waals surface area (Å²) in [5, 5.41) is 0. The molecule has 0 saturated carbocycles. The minimum atomic E-state index is -1.14. The molecule has 35 heavy (non-hydrogen) atoms. The van der Waals surface area contributed by atoms with Gasteiger partial charge in [-0.15, -0.1) is 0 Å². The smallest absolute Gasteiger partial charge is 0.240 e. The van der Waals surface area contributed by atoms with Crippen LogP contribution in [0.5, 0.6) is 0 Å². The lowest BCUT2D eigenvalue weighted by Gasteiger charge is -2.38. The number of carbonyl (C=O) groups excluding carboxylic acids is 3. The zero-order valence-electron chi connectivity index (χ0n) is 21.3. The number of amides is 3. The van der Waals surface area contributed by atoms with Crippen molar-refractivity contribution in [2.24, 2.45) is 0 Å². The Hall–Kier alpha value is -3.19. The third-order valence-electron chi connectivity index (χ3n) is 7.38. The number of benzene rings is 2. The summed E-state index contributed by atoms with van der Waals surface area (Å²) in [4.78, 5) is 47.9. The Morgan fingerprint density at radius 1 is 0.914 bits per heavy atom. The van der Waals surface area contributed by atoms with Crippen LogP contribution in [0.25, 0.3) is 0 Å². The van der Waals surface area contributed by atoms with Crippen molar-refractivity contribution >= 4 is 23.4 Å². The van der Waals surface area contributed by atoms with Crippen LogP contribution in [0.15, 0.2) is 48.5 Å². The molecule has 186 valence electrons. The Kier molecular flexibility index (Phi) is 7.26. The van der Waals surface area contributed by atoms with Gasteiger partial charge >= 0.3 is 0 Å². The van der Waals surface area contributed by atoms with E-state index in [4.69, 9.17) is 0 Å². The number of imide groups is 1. The molecular formula is C28H36N4O3. The molecule has 0 aliphatic carbocycles. The molecule has 0 unspecified atom stereocenters. The van der Waals surface area contributed by atoms with E-state index in [1.807, 2.05) is 67.2 Å². The van der Waals surface area contributed by atoms with Gasteiger partial charge in [-0.25, -0.2) is 0 Å². The fourth-order valence-corrected chi connectivity index (χ4v) is 5.37. The molecule has 2 fully saturated rings. The van der Waals surface area contributed by atoms with Gasteiger partial charge in [-0.3, -0.25) is 19.3 Å². The van der Waals surface area contributed by atoms with Crippen molar-refractivity contribution in [2.45, 2.75) is 32.1 Å². The molecule has 0 N–H and O–H groups in total. The topological polar surface area (TPSA) is 64.2 Å². The minimum absolute atomic E-state index is 0.0191. The second kappa shape index (κ2) is 10.2. The van der Waals surface area contributed by atoms with E-state index in [1.165, 1.54) is 16.2 Å². The second-order valence-corrected chi connectivity index (χ2v) is 10.1. The molecule has 0 aromatic heterocycles. The highest BCUT2D eigenvalue weighted by Gasteiger charge is 2.54. The molecule has 2 aromatic carbocycles. The maximum Gasteiger partial charge on any atom is 0.240 e. The second-order valence-electron chi connectivity index (χ2n) is 10.1. The van der Waals surface area contributed by atoms with Crippen LogP contribution in [0, 0.1) is 13.8 Å². The Balaban J connectivity index is 1.54. The molecule has 1 atom stereocenters. The first-order chi connectivity index (χ1) is 16.7. The van der Waals surface area contributed by atoms with Crippen LogP contribution in [0.3, 0.4) is 0 Å². The van der Waals surface area contributed by atoms with Crippen molar-refractivity contribution in [3.8, 4) is 0 Å². The van der Waals surface area contributed by atoms with Crippen LogP contribution >= 0.6 is 0 Å². The summed E-state index contributed by atoms with van der Waals surface area (Å²) in [7, 11) is 3.83. The summed E-state index contributed by atoms with van der Waals surface area (Å²) in [5.74, 6) is -0.504. The number of nitrogens with zero attached hydrogens (tertiary/aromatic N) is 4.